The summed E-state index contributed by atoms with van der Waals surface area (Å²) in [6, 6.07) is 9.09. The highest BCUT2D eigenvalue weighted by atomic mass is 32.2. The molecule has 0 atom stereocenters. The summed E-state index contributed by atoms with van der Waals surface area (Å²) in [5.41, 5.74) is 0.566. The Labute approximate surface area is 124 Å². The monoisotopic (exact) mass is 311 g/mol. The average molecular weight is 311 g/mol. The molecular formula is C15H12F3NOS. The van der Waals surface area contributed by atoms with Gasteiger partial charge in [0.05, 0.1) is 5.75 Å². The highest BCUT2D eigenvalue weighted by Crippen LogP contribution is 2.17. The quantitative estimate of drug-likeness (QED) is 0.905. The van der Waals surface area contributed by atoms with Crippen LogP contribution in [-0.2, 0) is 10.5 Å². The highest BCUT2D eigenvalue weighted by Gasteiger charge is 2.07. The van der Waals surface area contributed by atoms with Crippen LogP contribution in [0.25, 0.3) is 0 Å². The van der Waals surface area contributed by atoms with Gasteiger partial charge in [-0.1, -0.05) is 18.2 Å². The number of nitrogens with one attached hydrogen (secondary N) is 1. The molecule has 0 fully saturated rings. The first kappa shape index (κ1) is 15.4. The lowest BCUT2D eigenvalue weighted by molar-refractivity contribution is -0.113. The van der Waals surface area contributed by atoms with Crippen LogP contribution < -0.4 is 5.32 Å². The lowest BCUT2D eigenvalue weighted by Gasteiger charge is -2.06. The molecule has 0 aliphatic carbocycles. The molecule has 2 rings (SSSR count). The van der Waals surface area contributed by atoms with E-state index in [0.717, 1.165) is 18.2 Å². The zero-order valence-corrected chi connectivity index (χ0v) is 11.7. The van der Waals surface area contributed by atoms with Gasteiger partial charge in [0.25, 0.3) is 0 Å². The third-order valence-corrected chi connectivity index (χ3v) is 3.58. The van der Waals surface area contributed by atoms with Gasteiger partial charge < -0.3 is 5.32 Å². The van der Waals surface area contributed by atoms with Gasteiger partial charge in [-0.25, -0.2) is 13.2 Å². The molecule has 0 radical (unpaired) electrons. The third kappa shape index (κ3) is 4.82. The minimum absolute atomic E-state index is 0.0593. The first-order chi connectivity index (χ1) is 10.0. The summed E-state index contributed by atoms with van der Waals surface area (Å²) in [5.74, 6) is -1.84. The van der Waals surface area contributed by atoms with Crippen molar-refractivity contribution in [2.24, 2.45) is 0 Å². The van der Waals surface area contributed by atoms with E-state index in [0.29, 0.717) is 11.3 Å². The fraction of sp³-hybridized carbons (Fsp3) is 0.133. The lowest BCUT2D eigenvalue weighted by atomic mass is 10.2. The molecule has 2 aromatic carbocycles. The standard InChI is InChI=1S/C15H12F3NOS/c16-11-5-12(17)7-13(6-11)19-15(20)9-21-8-10-3-1-2-4-14(10)18/h1-7H,8-9H2,(H,19,20). The van der Waals surface area contributed by atoms with Gasteiger partial charge in [-0.2, -0.15) is 0 Å². The van der Waals surface area contributed by atoms with Gasteiger partial charge in [0, 0.05) is 17.5 Å². The van der Waals surface area contributed by atoms with Gasteiger partial charge >= 0.3 is 0 Å². The fourth-order valence-electron chi connectivity index (χ4n) is 1.69. The molecule has 1 amide bonds. The smallest absolute Gasteiger partial charge is 0.234 e. The van der Waals surface area contributed by atoms with E-state index in [1.54, 1.807) is 18.2 Å². The van der Waals surface area contributed by atoms with E-state index in [1.165, 1.54) is 17.8 Å². The molecule has 21 heavy (non-hydrogen) atoms. The number of carbonyl (C=O) groups excluding carboxylic acids is 1. The fourth-order valence-corrected chi connectivity index (χ4v) is 2.51. The first-order valence-electron chi connectivity index (χ1n) is 6.11. The summed E-state index contributed by atoms with van der Waals surface area (Å²) < 4.78 is 39.3. The highest BCUT2D eigenvalue weighted by molar-refractivity contribution is 7.99. The van der Waals surface area contributed by atoms with Gasteiger partial charge in [0.2, 0.25) is 5.91 Å². The predicted octanol–water partition coefficient (Wildman–Crippen LogP) is 3.98. The molecule has 0 bridgehead atoms. The van der Waals surface area contributed by atoms with Crippen molar-refractivity contribution in [3.63, 3.8) is 0 Å². The maximum Gasteiger partial charge on any atom is 0.234 e. The van der Waals surface area contributed by atoms with Crippen LogP contribution in [0.3, 0.4) is 0 Å². The Balaban J connectivity index is 1.84. The molecule has 0 saturated heterocycles. The zero-order chi connectivity index (χ0) is 15.2. The number of anilines is 1. The second-order valence-corrected chi connectivity index (χ2v) is 5.28. The molecule has 0 unspecified atom stereocenters. The normalized spacial score (nSPS) is 10.4. The number of hydrogen-bond acceptors (Lipinski definition) is 2. The summed E-state index contributed by atoms with van der Waals surface area (Å²) in [6.45, 7) is 0. The molecule has 0 aliphatic heterocycles. The van der Waals surface area contributed by atoms with Gasteiger partial charge in [0.1, 0.15) is 17.5 Å². The molecule has 0 saturated carbocycles. The average Bonchev–Trinajstić information content (AvgIpc) is 2.39. The van der Waals surface area contributed by atoms with Crippen LogP contribution >= 0.6 is 11.8 Å². The SMILES string of the molecule is O=C(CSCc1ccccc1F)Nc1cc(F)cc(F)c1. The van der Waals surface area contributed by atoms with E-state index in [-0.39, 0.29) is 17.3 Å². The van der Waals surface area contributed by atoms with Crippen LogP contribution in [0.5, 0.6) is 0 Å². The third-order valence-electron chi connectivity index (χ3n) is 2.59. The predicted molar refractivity (Wildman–Crippen MR) is 77.5 cm³/mol. The Hall–Kier alpha value is -1.95. The van der Waals surface area contributed by atoms with E-state index in [2.05, 4.69) is 5.32 Å². The Morgan fingerprint density at radius 2 is 1.71 bits per heavy atom. The summed E-state index contributed by atoms with van der Waals surface area (Å²) in [5, 5.41) is 2.39. The summed E-state index contributed by atoms with van der Waals surface area (Å²) in [7, 11) is 0. The number of carbonyl (C=O) groups is 1. The number of thioether (sulfide) groups is 1. The van der Waals surface area contributed by atoms with Gasteiger partial charge in [-0.3, -0.25) is 4.79 Å². The van der Waals surface area contributed by atoms with Gasteiger partial charge in [0.15, 0.2) is 0 Å². The second-order valence-electron chi connectivity index (χ2n) is 4.29. The molecule has 6 heteroatoms. The number of rotatable bonds is 5. The van der Waals surface area contributed by atoms with Crippen LogP contribution in [0.15, 0.2) is 42.5 Å². The van der Waals surface area contributed by atoms with Crippen LogP contribution in [-0.4, -0.2) is 11.7 Å². The van der Waals surface area contributed by atoms with Crippen molar-refractivity contribution in [3.05, 3.63) is 65.5 Å². The molecular weight excluding hydrogens is 299 g/mol. The molecule has 2 nitrogen and oxygen atoms in total. The zero-order valence-electron chi connectivity index (χ0n) is 10.9. The minimum Gasteiger partial charge on any atom is -0.325 e. The van der Waals surface area contributed by atoms with E-state index in [4.69, 9.17) is 0 Å². The van der Waals surface area contributed by atoms with Crippen LogP contribution in [0.2, 0.25) is 0 Å². The maximum atomic E-state index is 13.4. The Kier molecular flexibility index (Phi) is 5.27. The number of hydrogen-bond donors (Lipinski definition) is 1. The molecule has 0 aromatic heterocycles. The van der Waals surface area contributed by atoms with Gasteiger partial charge in [-0.05, 0) is 23.8 Å². The van der Waals surface area contributed by atoms with Crippen LogP contribution in [0.4, 0.5) is 18.9 Å². The van der Waals surface area contributed by atoms with Crippen molar-refractivity contribution in [3.8, 4) is 0 Å². The van der Waals surface area contributed by atoms with Gasteiger partial charge in [-0.15, -0.1) is 11.8 Å². The summed E-state index contributed by atoms with van der Waals surface area (Å²) in [6.07, 6.45) is 0. The molecule has 0 spiro atoms. The number of amides is 1. The number of benzene rings is 2. The van der Waals surface area contributed by atoms with E-state index in [9.17, 15) is 18.0 Å². The summed E-state index contributed by atoms with van der Waals surface area (Å²) >= 11 is 1.22. The van der Waals surface area contributed by atoms with Crippen molar-refractivity contribution >= 4 is 23.4 Å². The van der Waals surface area contributed by atoms with Crippen LogP contribution in [0.1, 0.15) is 5.56 Å². The van der Waals surface area contributed by atoms with Crippen molar-refractivity contribution < 1.29 is 18.0 Å². The molecule has 2 aromatic rings. The lowest BCUT2D eigenvalue weighted by Crippen LogP contribution is -2.14. The second kappa shape index (κ2) is 7.17. The van der Waals surface area contributed by atoms with E-state index < -0.39 is 17.5 Å². The minimum atomic E-state index is -0.760. The molecule has 110 valence electrons. The first-order valence-corrected chi connectivity index (χ1v) is 7.27. The molecule has 1 N–H and O–H groups in total. The largest absolute Gasteiger partial charge is 0.325 e. The van der Waals surface area contributed by atoms with Crippen molar-refractivity contribution in [2.45, 2.75) is 5.75 Å². The molecule has 0 aliphatic rings. The van der Waals surface area contributed by atoms with Crippen LogP contribution in [0, 0.1) is 17.5 Å². The van der Waals surface area contributed by atoms with E-state index in [1.807, 2.05) is 0 Å². The molecule has 0 heterocycles. The Morgan fingerprint density at radius 1 is 1.05 bits per heavy atom. The summed E-state index contributed by atoms with van der Waals surface area (Å²) in [4.78, 5) is 11.6. The Bertz CT molecular complexity index is 628. The van der Waals surface area contributed by atoms with Crippen molar-refractivity contribution in [1.82, 2.24) is 0 Å². The van der Waals surface area contributed by atoms with Crippen molar-refractivity contribution in [1.29, 1.82) is 0 Å². The topological polar surface area (TPSA) is 29.1 Å². The number of halogens is 3. The Morgan fingerprint density at radius 3 is 2.38 bits per heavy atom. The maximum absolute atomic E-state index is 13.4. The van der Waals surface area contributed by atoms with E-state index >= 15 is 0 Å². The van der Waals surface area contributed by atoms with Crippen molar-refractivity contribution in [2.75, 3.05) is 11.1 Å².